The van der Waals surface area contributed by atoms with E-state index in [0.29, 0.717) is 11.7 Å². The molecule has 0 aromatic carbocycles. The van der Waals surface area contributed by atoms with Gasteiger partial charge in [-0.2, -0.15) is 4.98 Å². The summed E-state index contributed by atoms with van der Waals surface area (Å²) in [7, 11) is 0. The maximum absolute atomic E-state index is 11.5. The zero-order valence-corrected chi connectivity index (χ0v) is 12.2. The Kier molecular flexibility index (Phi) is 4.59. The third kappa shape index (κ3) is 4.48. The van der Waals surface area contributed by atoms with Crippen LogP contribution in [0.3, 0.4) is 0 Å². The van der Waals surface area contributed by atoms with Crippen molar-refractivity contribution in [2.24, 2.45) is 0 Å². The van der Waals surface area contributed by atoms with Crippen molar-refractivity contribution in [3.05, 3.63) is 11.7 Å². The van der Waals surface area contributed by atoms with Crippen molar-refractivity contribution in [2.45, 2.75) is 58.2 Å². The van der Waals surface area contributed by atoms with E-state index in [1.54, 1.807) is 0 Å². The molecule has 0 unspecified atom stereocenters. The summed E-state index contributed by atoms with van der Waals surface area (Å²) in [5.74, 6) is 0.955. The third-order valence-corrected chi connectivity index (χ3v) is 2.90. The van der Waals surface area contributed by atoms with Gasteiger partial charge in [0.25, 0.3) is 0 Å². The van der Waals surface area contributed by atoms with E-state index < -0.39 is 6.09 Å². The fourth-order valence-corrected chi connectivity index (χ4v) is 2.00. The van der Waals surface area contributed by atoms with Crippen LogP contribution < -0.4 is 10.6 Å². The first-order valence-corrected chi connectivity index (χ1v) is 6.95. The number of carbonyl (C=O) groups excluding carboxylic acids is 1. The van der Waals surface area contributed by atoms with Crippen LogP contribution in [-0.2, 0) is 11.3 Å². The van der Waals surface area contributed by atoms with Gasteiger partial charge in [-0.15, -0.1) is 0 Å². The lowest BCUT2D eigenvalue weighted by Gasteiger charge is -2.19. The Morgan fingerprint density at radius 1 is 1.50 bits per heavy atom. The highest BCUT2D eigenvalue weighted by Crippen LogP contribution is 2.21. The molecular weight excluding hydrogens is 260 g/mol. The van der Waals surface area contributed by atoms with Gasteiger partial charge >= 0.3 is 6.09 Å². The number of hydrogen-bond acceptors (Lipinski definition) is 6. The average molecular weight is 282 g/mol. The Balaban J connectivity index is 1.82. The third-order valence-electron chi connectivity index (χ3n) is 2.90. The van der Waals surface area contributed by atoms with Crippen LogP contribution in [0, 0.1) is 0 Å². The molecule has 1 aliphatic rings. The lowest BCUT2D eigenvalue weighted by molar-refractivity contribution is 0.127. The fourth-order valence-electron chi connectivity index (χ4n) is 2.00. The topological polar surface area (TPSA) is 89.3 Å². The van der Waals surface area contributed by atoms with Gasteiger partial charge in [-0.05, 0) is 40.2 Å². The minimum Gasteiger partial charge on any atom is -0.441 e. The molecule has 2 N–H and O–H groups in total. The van der Waals surface area contributed by atoms with Crippen LogP contribution in [0.2, 0.25) is 0 Å². The molecule has 1 fully saturated rings. The van der Waals surface area contributed by atoms with Crippen molar-refractivity contribution < 1.29 is 14.1 Å². The Morgan fingerprint density at radius 3 is 2.95 bits per heavy atom. The van der Waals surface area contributed by atoms with Gasteiger partial charge < -0.3 is 19.9 Å². The second kappa shape index (κ2) is 6.21. The van der Waals surface area contributed by atoms with Gasteiger partial charge in [-0.1, -0.05) is 11.6 Å². The standard InChI is InChI=1S/C13H22N4O3/c1-13(2,3)16-12(18)19-8-10-15-11(20-17-10)9-6-4-5-7-14-9/h9,14H,4-8H2,1-3H3,(H,16,18)/t9-/m0/s1. The molecule has 112 valence electrons. The monoisotopic (exact) mass is 282 g/mol. The molecule has 0 radical (unpaired) electrons. The molecule has 20 heavy (non-hydrogen) atoms. The quantitative estimate of drug-likeness (QED) is 0.880. The first kappa shape index (κ1) is 14.8. The van der Waals surface area contributed by atoms with Crippen molar-refractivity contribution >= 4 is 6.09 Å². The van der Waals surface area contributed by atoms with Gasteiger partial charge in [0.1, 0.15) is 0 Å². The fraction of sp³-hybridized carbons (Fsp3) is 0.769. The molecule has 0 bridgehead atoms. The molecule has 1 aromatic heterocycles. The molecule has 7 nitrogen and oxygen atoms in total. The van der Waals surface area contributed by atoms with Gasteiger partial charge in [0, 0.05) is 5.54 Å². The van der Waals surface area contributed by atoms with E-state index in [0.717, 1.165) is 19.4 Å². The van der Waals surface area contributed by atoms with E-state index in [9.17, 15) is 4.79 Å². The van der Waals surface area contributed by atoms with Crippen LogP contribution in [0.15, 0.2) is 4.52 Å². The molecule has 2 heterocycles. The molecule has 1 aliphatic heterocycles. The minimum atomic E-state index is -0.486. The first-order chi connectivity index (χ1) is 9.44. The van der Waals surface area contributed by atoms with Crippen molar-refractivity contribution in [3.8, 4) is 0 Å². The number of piperidine rings is 1. The number of nitrogens with zero attached hydrogens (tertiary/aromatic N) is 2. The number of carbonyl (C=O) groups is 1. The largest absolute Gasteiger partial charge is 0.441 e. The number of rotatable bonds is 3. The highest BCUT2D eigenvalue weighted by Gasteiger charge is 2.21. The van der Waals surface area contributed by atoms with Crippen molar-refractivity contribution in [1.82, 2.24) is 20.8 Å². The Bertz CT molecular complexity index is 447. The predicted octanol–water partition coefficient (Wildman–Crippen LogP) is 1.91. The van der Waals surface area contributed by atoms with Crippen molar-refractivity contribution in [3.63, 3.8) is 0 Å². The Hall–Kier alpha value is -1.63. The molecule has 1 atom stereocenters. The summed E-state index contributed by atoms with van der Waals surface area (Å²) in [6.45, 7) is 6.63. The summed E-state index contributed by atoms with van der Waals surface area (Å²) in [5.41, 5.74) is -0.328. The molecule has 2 rings (SSSR count). The number of ether oxygens (including phenoxy) is 1. The Labute approximate surface area is 118 Å². The van der Waals surface area contributed by atoms with Gasteiger partial charge in [-0.3, -0.25) is 0 Å². The van der Waals surface area contributed by atoms with Crippen molar-refractivity contribution in [1.29, 1.82) is 0 Å². The molecule has 0 aliphatic carbocycles. The number of amides is 1. The SMILES string of the molecule is CC(C)(C)NC(=O)OCc1noc([C@@H]2CCCCN2)n1. The maximum Gasteiger partial charge on any atom is 0.407 e. The van der Waals surface area contributed by atoms with E-state index >= 15 is 0 Å². The lowest BCUT2D eigenvalue weighted by Crippen LogP contribution is -2.40. The zero-order valence-electron chi connectivity index (χ0n) is 12.2. The minimum absolute atomic E-state index is 0.0120. The van der Waals surface area contributed by atoms with Crippen LogP contribution in [0.4, 0.5) is 4.79 Å². The number of nitrogens with one attached hydrogen (secondary N) is 2. The zero-order chi connectivity index (χ0) is 14.6. The highest BCUT2D eigenvalue weighted by molar-refractivity contribution is 5.67. The van der Waals surface area contributed by atoms with Crippen LogP contribution in [-0.4, -0.2) is 28.3 Å². The smallest absolute Gasteiger partial charge is 0.407 e. The number of alkyl carbamates (subject to hydrolysis) is 1. The molecule has 1 saturated heterocycles. The molecular formula is C13H22N4O3. The van der Waals surface area contributed by atoms with Crippen molar-refractivity contribution in [2.75, 3.05) is 6.54 Å². The molecule has 1 amide bonds. The summed E-state index contributed by atoms with van der Waals surface area (Å²) in [5, 5.41) is 9.86. The highest BCUT2D eigenvalue weighted by atomic mass is 16.6. The molecule has 1 aromatic rings. The number of hydrogen-bond donors (Lipinski definition) is 2. The van der Waals surface area contributed by atoms with Crippen LogP contribution in [0.5, 0.6) is 0 Å². The summed E-state index contributed by atoms with van der Waals surface area (Å²) in [6, 6.07) is 0.119. The van der Waals surface area contributed by atoms with Crippen LogP contribution in [0.25, 0.3) is 0 Å². The van der Waals surface area contributed by atoms with Gasteiger partial charge in [-0.25, -0.2) is 4.79 Å². The summed E-state index contributed by atoms with van der Waals surface area (Å²) in [6.07, 6.45) is 2.83. The number of aromatic nitrogens is 2. The average Bonchev–Trinajstić information content (AvgIpc) is 2.84. The van der Waals surface area contributed by atoms with E-state index in [-0.39, 0.29) is 18.2 Å². The normalized spacial score (nSPS) is 19.6. The summed E-state index contributed by atoms with van der Waals surface area (Å²) in [4.78, 5) is 15.8. The summed E-state index contributed by atoms with van der Waals surface area (Å²) < 4.78 is 10.3. The van der Waals surface area contributed by atoms with Gasteiger partial charge in [0.05, 0.1) is 6.04 Å². The second-order valence-corrected chi connectivity index (χ2v) is 6.00. The second-order valence-electron chi connectivity index (χ2n) is 6.00. The molecule has 7 heteroatoms. The maximum atomic E-state index is 11.5. The van der Waals surface area contributed by atoms with E-state index in [1.165, 1.54) is 6.42 Å². The summed E-state index contributed by atoms with van der Waals surface area (Å²) >= 11 is 0. The first-order valence-electron chi connectivity index (χ1n) is 6.95. The van der Waals surface area contributed by atoms with E-state index in [4.69, 9.17) is 9.26 Å². The molecule has 0 saturated carbocycles. The van der Waals surface area contributed by atoms with Gasteiger partial charge in [0.15, 0.2) is 6.61 Å². The van der Waals surface area contributed by atoms with E-state index in [2.05, 4.69) is 20.8 Å². The van der Waals surface area contributed by atoms with Crippen LogP contribution in [0.1, 0.15) is 57.8 Å². The van der Waals surface area contributed by atoms with Gasteiger partial charge in [0.2, 0.25) is 11.7 Å². The van der Waals surface area contributed by atoms with E-state index in [1.807, 2.05) is 20.8 Å². The Morgan fingerprint density at radius 2 is 2.30 bits per heavy atom. The predicted molar refractivity (Wildman–Crippen MR) is 72.0 cm³/mol. The lowest BCUT2D eigenvalue weighted by atomic mass is 10.1. The van der Waals surface area contributed by atoms with Crippen LogP contribution >= 0.6 is 0 Å². The molecule has 0 spiro atoms.